The first-order valence-corrected chi connectivity index (χ1v) is 5.61. The minimum Gasteiger partial charge on any atom is -0.330 e. The Morgan fingerprint density at radius 3 is 2.59 bits per heavy atom. The van der Waals surface area contributed by atoms with Crippen LogP contribution < -0.4 is 11.1 Å². The fourth-order valence-electron chi connectivity index (χ4n) is 2.24. The molecular weight excluding hydrogens is 216 g/mol. The molecule has 0 saturated heterocycles. The predicted molar refractivity (Wildman–Crippen MR) is 64.5 cm³/mol. The molecule has 1 aliphatic rings. The number of carbonyl (C=O) groups excluding carboxylic acids is 2. The molecule has 2 amide bonds. The maximum absolute atomic E-state index is 12.0. The molecule has 0 saturated carbocycles. The molecule has 4 heteroatoms. The molecular formula is C13H16N2O2. The van der Waals surface area contributed by atoms with Crippen molar-refractivity contribution < 1.29 is 9.59 Å². The molecule has 1 aromatic carbocycles. The van der Waals surface area contributed by atoms with Gasteiger partial charge in [-0.15, -0.1) is 0 Å². The molecule has 3 N–H and O–H groups in total. The van der Waals surface area contributed by atoms with Crippen LogP contribution in [0.1, 0.15) is 35.7 Å². The predicted octanol–water partition coefficient (Wildman–Crippen LogP) is 1.03. The topological polar surface area (TPSA) is 72.2 Å². The van der Waals surface area contributed by atoms with Crippen molar-refractivity contribution >= 4 is 11.8 Å². The standard InChI is InChI=1S/C13H16N2O2/c1-13(2,7-14)10-8-5-3-4-6-9(8)11(16)15-12(10)17/h3-6,10H,7,14H2,1-2H3,(H,15,16,17). The van der Waals surface area contributed by atoms with Crippen molar-refractivity contribution in [2.75, 3.05) is 6.54 Å². The van der Waals surface area contributed by atoms with Gasteiger partial charge in [-0.05, 0) is 23.6 Å². The summed E-state index contributed by atoms with van der Waals surface area (Å²) in [7, 11) is 0. The van der Waals surface area contributed by atoms with Gasteiger partial charge in [0.25, 0.3) is 5.91 Å². The molecule has 4 nitrogen and oxygen atoms in total. The van der Waals surface area contributed by atoms with E-state index in [1.165, 1.54) is 0 Å². The van der Waals surface area contributed by atoms with Crippen molar-refractivity contribution in [3.8, 4) is 0 Å². The molecule has 90 valence electrons. The first kappa shape index (κ1) is 11.8. The molecule has 1 aromatic rings. The highest BCUT2D eigenvalue weighted by atomic mass is 16.2. The zero-order valence-electron chi connectivity index (χ0n) is 9.99. The van der Waals surface area contributed by atoms with Crippen LogP contribution in [-0.2, 0) is 4.79 Å². The fourth-order valence-corrected chi connectivity index (χ4v) is 2.24. The van der Waals surface area contributed by atoms with E-state index in [-0.39, 0.29) is 23.1 Å². The van der Waals surface area contributed by atoms with Crippen LogP contribution in [0.5, 0.6) is 0 Å². The van der Waals surface area contributed by atoms with Crippen LogP contribution >= 0.6 is 0 Å². The molecule has 0 spiro atoms. The highest BCUT2D eigenvalue weighted by Gasteiger charge is 2.41. The third-order valence-corrected chi connectivity index (χ3v) is 3.32. The molecule has 0 aromatic heterocycles. The van der Waals surface area contributed by atoms with Gasteiger partial charge in [0, 0.05) is 5.56 Å². The van der Waals surface area contributed by atoms with Crippen LogP contribution in [0.4, 0.5) is 0 Å². The van der Waals surface area contributed by atoms with Crippen LogP contribution in [0.15, 0.2) is 24.3 Å². The van der Waals surface area contributed by atoms with Crippen LogP contribution in [-0.4, -0.2) is 18.4 Å². The first-order chi connectivity index (χ1) is 7.97. The van der Waals surface area contributed by atoms with Crippen molar-refractivity contribution in [2.45, 2.75) is 19.8 Å². The zero-order chi connectivity index (χ0) is 12.6. The van der Waals surface area contributed by atoms with Gasteiger partial charge in [-0.3, -0.25) is 14.9 Å². The van der Waals surface area contributed by atoms with Gasteiger partial charge in [0.15, 0.2) is 0 Å². The number of fused-ring (bicyclic) bond motifs is 1. The smallest absolute Gasteiger partial charge is 0.258 e. The monoisotopic (exact) mass is 232 g/mol. The summed E-state index contributed by atoms with van der Waals surface area (Å²) in [6.45, 7) is 4.25. The SMILES string of the molecule is CC(C)(CN)C1C(=O)NC(=O)c2ccccc21. The normalized spacial score (nSPS) is 19.8. The lowest BCUT2D eigenvalue weighted by Gasteiger charge is -2.35. The van der Waals surface area contributed by atoms with E-state index in [1.54, 1.807) is 12.1 Å². The Labute approximate surface area is 100 Å². The third-order valence-electron chi connectivity index (χ3n) is 3.32. The van der Waals surface area contributed by atoms with Crippen LogP contribution in [0.25, 0.3) is 0 Å². The molecule has 17 heavy (non-hydrogen) atoms. The molecule has 1 atom stereocenters. The Balaban J connectivity index is 2.58. The van der Waals surface area contributed by atoms with E-state index in [0.29, 0.717) is 12.1 Å². The molecule has 0 bridgehead atoms. The van der Waals surface area contributed by atoms with E-state index >= 15 is 0 Å². The summed E-state index contributed by atoms with van der Waals surface area (Å²) in [4.78, 5) is 23.7. The molecule has 0 radical (unpaired) electrons. The second-order valence-electron chi connectivity index (χ2n) is 5.03. The molecule has 0 aliphatic carbocycles. The fraction of sp³-hybridized carbons (Fsp3) is 0.385. The Hall–Kier alpha value is -1.68. The van der Waals surface area contributed by atoms with Gasteiger partial charge in [0.05, 0.1) is 5.92 Å². The largest absolute Gasteiger partial charge is 0.330 e. The van der Waals surface area contributed by atoms with Gasteiger partial charge in [-0.1, -0.05) is 32.0 Å². The number of nitrogens with one attached hydrogen (secondary N) is 1. The minimum absolute atomic E-state index is 0.260. The molecule has 1 aliphatic heterocycles. The van der Waals surface area contributed by atoms with Crippen LogP contribution in [0.3, 0.4) is 0 Å². The number of imide groups is 1. The highest BCUT2D eigenvalue weighted by Crippen LogP contribution is 2.38. The number of amides is 2. The van der Waals surface area contributed by atoms with E-state index in [0.717, 1.165) is 5.56 Å². The quantitative estimate of drug-likeness (QED) is 0.748. The van der Waals surface area contributed by atoms with Crippen LogP contribution in [0.2, 0.25) is 0 Å². The summed E-state index contributed by atoms with van der Waals surface area (Å²) in [6, 6.07) is 7.19. The van der Waals surface area contributed by atoms with Crippen molar-refractivity contribution in [1.29, 1.82) is 0 Å². The number of rotatable bonds is 2. The van der Waals surface area contributed by atoms with Gasteiger partial charge in [0.1, 0.15) is 0 Å². The summed E-state index contributed by atoms with van der Waals surface area (Å²) in [6.07, 6.45) is 0. The Bertz CT molecular complexity index is 480. The van der Waals surface area contributed by atoms with E-state index in [2.05, 4.69) is 5.32 Å². The number of hydrogen-bond acceptors (Lipinski definition) is 3. The van der Waals surface area contributed by atoms with Gasteiger partial charge in [-0.2, -0.15) is 0 Å². The summed E-state index contributed by atoms with van der Waals surface area (Å²) in [5.41, 5.74) is 6.69. The second-order valence-corrected chi connectivity index (χ2v) is 5.03. The highest BCUT2D eigenvalue weighted by molar-refractivity contribution is 6.11. The number of nitrogens with two attached hydrogens (primary N) is 1. The van der Waals surface area contributed by atoms with Gasteiger partial charge >= 0.3 is 0 Å². The van der Waals surface area contributed by atoms with Gasteiger partial charge < -0.3 is 5.73 Å². The van der Waals surface area contributed by atoms with E-state index in [1.807, 2.05) is 26.0 Å². The first-order valence-electron chi connectivity index (χ1n) is 5.61. The average Bonchev–Trinajstić information content (AvgIpc) is 2.29. The Kier molecular flexibility index (Phi) is 2.75. The summed E-state index contributed by atoms with van der Waals surface area (Å²) >= 11 is 0. The van der Waals surface area contributed by atoms with E-state index in [4.69, 9.17) is 5.73 Å². The van der Waals surface area contributed by atoms with E-state index in [9.17, 15) is 9.59 Å². The van der Waals surface area contributed by atoms with Gasteiger partial charge in [0.2, 0.25) is 5.91 Å². The van der Waals surface area contributed by atoms with Crippen molar-refractivity contribution in [3.05, 3.63) is 35.4 Å². The molecule has 2 rings (SSSR count). The number of carbonyl (C=O) groups is 2. The average molecular weight is 232 g/mol. The lowest BCUT2D eigenvalue weighted by molar-refractivity contribution is -0.124. The Morgan fingerprint density at radius 1 is 1.29 bits per heavy atom. The van der Waals surface area contributed by atoms with Crippen molar-refractivity contribution in [2.24, 2.45) is 11.1 Å². The summed E-state index contributed by atoms with van der Waals surface area (Å²) in [5, 5.41) is 2.39. The second kappa shape index (κ2) is 3.96. The lowest BCUT2D eigenvalue weighted by atomic mass is 9.71. The van der Waals surface area contributed by atoms with Crippen molar-refractivity contribution in [1.82, 2.24) is 5.32 Å². The van der Waals surface area contributed by atoms with Crippen molar-refractivity contribution in [3.63, 3.8) is 0 Å². The molecule has 1 heterocycles. The number of benzene rings is 1. The summed E-state index contributed by atoms with van der Waals surface area (Å²) in [5.74, 6) is -0.958. The summed E-state index contributed by atoms with van der Waals surface area (Å²) < 4.78 is 0. The molecule has 1 unspecified atom stereocenters. The maximum Gasteiger partial charge on any atom is 0.258 e. The maximum atomic E-state index is 12.0. The lowest BCUT2D eigenvalue weighted by Crippen LogP contribution is -2.47. The third kappa shape index (κ3) is 1.85. The van der Waals surface area contributed by atoms with Crippen LogP contribution in [0, 0.1) is 5.41 Å². The molecule has 0 fully saturated rings. The zero-order valence-corrected chi connectivity index (χ0v) is 9.99. The van der Waals surface area contributed by atoms with E-state index < -0.39 is 0 Å². The number of hydrogen-bond donors (Lipinski definition) is 2. The Morgan fingerprint density at radius 2 is 1.94 bits per heavy atom. The minimum atomic E-state index is -0.374. The van der Waals surface area contributed by atoms with Gasteiger partial charge in [-0.25, -0.2) is 0 Å².